The summed E-state index contributed by atoms with van der Waals surface area (Å²) in [7, 11) is 0. The molecule has 1 aliphatic carbocycles. The van der Waals surface area contributed by atoms with Crippen molar-refractivity contribution in [3.63, 3.8) is 0 Å². The molecule has 1 N–H and O–H groups in total. The van der Waals surface area contributed by atoms with Crippen molar-refractivity contribution in [2.75, 3.05) is 50.7 Å². The molecular formula is C17H26N4. The van der Waals surface area contributed by atoms with Gasteiger partial charge in [0.2, 0.25) is 0 Å². The monoisotopic (exact) mass is 286 g/mol. The fraction of sp³-hybridized carbons (Fsp3) is 0.706. The summed E-state index contributed by atoms with van der Waals surface area (Å²) in [4.78, 5) is 9.57. The van der Waals surface area contributed by atoms with Crippen LogP contribution in [0.25, 0.3) is 0 Å². The second-order valence-electron chi connectivity index (χ2n) is 6.99. The van der Waals surface area contributed by atoms with Crippen molar-refractivity contribution in [1.82, 2.24) is 15.2 Å². The Balaban J connectivity index is 1.27. The van der Waals surface area contributed by atoms with E-state index in [2.05, 4.69) is 32.2 Å². The van der Waals surface area contributed by atoms with Crippen LogP contribution in [0.2, 0.25) is 0 Å². The molecular weight excluding hydrogens is 260 g/mol. The molecule has 0 aromatic carbocycles. The zero-order chi connectivity index (χ0) is 14.1. The van der Waals surface area contributed by atoms with Gasteiger partial charge in [-0.25, -0.2) is 4.98 Å². The van der Waals surface area contributed by atoms with Crippen LogP contribution in [0.4, 0.5) is 5.82 Å². The lowest BCUT2D eigenvalue weighted by molar-refractivity contribution is 0.219. The van der Waals surface area contributed by atoms with Gasteiger partial charge < -0.3 is 10.2 Å². The van der Waals surface area contributed by atoms with Gasteiger partial charge in [0.1, 0.15) is 5.82 Å². The number of hydrogen-bond donors (Lipinski definition) is 1. The third kappa shape index (κ3) is 2.79. The van der Waals surface area contributed by atoms with Gasteiger partial charge >= 0.3 is 0 Å². The van der Waals surface area contributed by atoms with Crippen molar-refractivity contribution in [2.45, 2.75) is 19.3 Å². The Bertz CT molecular complexity index is 461. The Morgan fingerprint density at radius 2 is 1.95 bits per heavy atom. The highest BCUT2D eigenvalue weighted by molar-refractivity contribution is 5.38. The molecule has 1 atom stereocenters. The molecule has 3 aliphatic rings. The third-order valence-corrected chi connectivity index (χ3v) is 5.78. The van der Waals surface area contributed by atoms with Gasteiger partial charge in [-0.2, -0.15) is 0 Å². The van der Waals surface area contributed by atoms with Crippen LogP contribution < -0.4 is 10.2 Å². The van der Waals surface area contributed by atoms with E-state index in [-0.39, 0.29) is 0 Å². The zero-order valence-corrected chi connectivity index (χ0v) is 12.8. The first-order chi connectivity index (χ1) is 10.4. The van der Waals surface area contributed by atoms with Crippen LogP contribution in [-0.2, 0) is 0 Å². The maximum Gasteiger partial charge on any atom is 0.128 e. The molecule has 1 spiro atoms. The van der Waals surface area contributed by atoms with E-state index < -0.39 is 0 Å². The van der Waals surface area contributed by atoms with Crippen molar-refractivity contribution in [3.05, 3.63) is 24.4 Å². The number of pyridine rings is 1. The standard InChI is InChI=1S/C17H26N4/c1-2-6-19-16(3-1)21-11-9-20(10-12-21)14-15-13-17(15)4-7-18-8-5-17/h1-3,6,15,18H,4-5,7-14H2. The normalized spacial score (nSPS) is 28.8. The second-order valence-corrected chi connectivity index (χ2v) is 6.99. The van der Waals surface area contributed by atoms with E-state index in [1.165, 1.54) is 52.0 Å². The number of hydrogen-bond acceptors (Lipinski definition) is 4. The molecule has 114 valence electrons. The van der Waals surface area contributed by atoms with Crippen LogP contribution in [0.5, 0.6) is 0 Å². The SMILES string of the molecule is c1ccc(N2CCN(CC3CC34CCNCC4)CC2)nc1. The summed E-state index contributed by atoms with van der Waals surface area (Å²) in [5.74, 6) is 2.11. The van der Waals surface area contributed by atoms with E-state index in [4.69, 9.17) is 0 Å². The van der Waals surface area contributed by atoms with E-state index in [0.717, 1.165) is 30.2 Å². The van der Waals surface area contributed by atoms with Crippen molar-refractivity contribution in [1.29, 1.82) is 0 Å². The number of aromatic nitrogens is 1. The van der Waals surface area contributed by atoms with Gasteiger partial charge in [0.25, 0.3) is 0 Å². The fourth-order valence-electron chi connectivity index (χ4n) is 4.24. The number of nitrogens with one attached hydrogen (secondary N) is 1. The molecule has 2 aliphatic heterocycles. The summed E-state index contributed by atoms with van der Waals surface area (Å²) in [6.45, 7) is 8.45. The summed E-state index contributed by atoms with van der Waals surface area (Å²) in [6, 6.07) is 6.20. The average molecular weight is 286 g/mol. The Kier molecular flexibility index (Phi) is 3.59. The van der Waals surface area contributed by atoms with Gasteiger partial charge in [0, 0.05) is 38.9 Å². The van der Waals surface area contributed by atoms with Crippen LogP contribution in [0.1, 0.15) is 19.3 Å². The van der Waals surface area contributed by atoms with Gasteiger partial charge in [-0.1, -0.05) is 6.07 Å². The molecule has 1 saturated carbocycles. The molecule has 21 heavy (non-hydrogen) atoms. The second kappa shape index (κ2) is 5.58. The van der Waals surface area contributed by atoms with E-state index in [1.54, 1.807) is 0 Å². The number of anilines is 1. The number of piperazine rings is 1. The molecule has 0 bridgehead atoms. The molecule has 4 nitrogen and oxygen atoms in total. The maximum absolute atomic E-state index is 4.47. The Morgan fingerprint density at radius 1 is 1.14 bits per heavy atom. The van der Waals surface area contributed by atoms with Gasteiger partial charge in [-0.3, -0.25) is 4.90 Å². The number of piperidine rings is 1. The van der Waals surface area contributed by atoms with Crippen LogP contribution in [-0.4, -0.2) is 55.7 Å². The largest absolute Gasteiger partial charge is 0.354 e. The molecule has 0 radical (unpaired) electrons. The number of nitrogens with zero attached hydrogens (tertiary/aromatic N) is 3. The lowest BCUT2D eigenvalue weighted by atomic mass is 9.92. The van der Waals surface area contributed by atoms with E-state index in [9.17, 15) is 0 Å². The van der Waals surface area contributed by atoms with Gasteiger partial charge in [0.05, 0.1) is 0 Å². The lowest BCUT2D eigenvalue weighted by Crippen LogP contribution is -2.47. The van der Waals surface area contributed by atoms with Crippen LogP contribution in [0.3, 0.4) is 0 Å². The summed E-state index contributed by atoms with van der Waals surface area (Å²) >= 11 is 0. The first-order valence-corrected chi connectivity index (χ1v) is 8.45. The maximum atomic E-state index is 4.47. The first-order valence-electron chi connectivity index (χ1n) is 8.45. The minimum absolute atomic E-state index is 0.726. The molecule has 1 aromatic heterocycles. The van der Waals surface area contributed by atoms with Gasteiger partial charge in [-0.05, 0) is 55.8 Å². The van der Waals surface area contributed by atoms with Crippen LogP contribution >= 0.6 is 0 Å². The van der Waals surface area contributed by atoms with Crippen molar-refractivity contribution < 1.29 is 0 Å². The summed E-state index contributed by atoms with van der Waals surface area (Å²) in [5, 5.41) is 3.50. The molecule has 4 rings (SSSR count). The Hall–Kier alpha value is -1.13. The van der Waals surface area contributed by atoms with Crippen molar-refractivity contribution in [2.24, 2.45) is 11.3 Å². The summed E-state index contributed by atoms with van der Waals surface area (Å²) in [5.41, 5.74) is 0.726. The quantitative estimate of drug-likeness (QED) is 0.914. The predicted molar refractivity (Wildman–Crippen MR) is 85.5 cm³/mol. The number of rotatable bonds is 3. The van der Waals surface area contributed by atoms with Crippen LogP contribution in [0, 0.1) is 11.3 Å². The average Bonchev–Trinajstić information content (AvgIpc) is 3.20. The predicted octanol–water partition coefficient (Wildman–Crippen LogP) is 1.59. The zero-order valence-electron chi connectivity index (χ0n) is 12.8. The van der Waals surface area contributed by atoms with Crippen molar-refractivity contribution in [3.8, 4) is 0 Å². The highest BCUT2D eigenvalue weighted by Gasteiger charge is 2.53. The fourth-order valence-corrected chi connectivity index (χ4v) is 4.24. The van der Waals surface area contributed by atoms with E-state index in [0.29, 0.717) is 0 Å². The third-order valence-electron chi connectivity index (χ3n) is 5.78. The molecule has 0 amide bonds. The van der Waals surface area contributed by atoms with Crippen LogP contribution in [0.15, 0.2) is 24.4 Å². The van der Waals surface area contributed by atoms with E-state index in [1.807, 2.05) is 12.3 Å². The molecule has 1 aromatic rings. The molecule has 3 heterocycles. The lowest BCUT2D eigenvalue weighted by Gasteiger charge is -2.36. The minimum Gasteiger partial charge on any atom is -0.354 e. The van der Waals surface area contributed by atoms with E-state index >= 15 is 0 Å². The minimum atomic E-state index is 0.726. The Labute approximate surface area is 127 Å². The molecule has 3 fully saturated rings. The molecule has 1 unspecified atom stereocenters. The molecule has 2 saturated heterocycles. The van der Waals surface area contributed by atoms with Crippen molar-refractivity contribution >= 4 is 5.82 Å². The first kappa shape index (κ1) is 13.5. The van der Waals surface area contributed by atoms with Gasteiger partial charge in [0.15, 0.2) is 0 Å². The highest BCUT2D eigenvalue weighted by Crippen LogP contribution is 2.58. The highest BCUT2D eigenvalue weighted by atomic mass is 15.3. The van der Waals surface area contributed by atoms with Gasteiger partial charge in [-0.15, -0.1) is 0 Å². The summed E-state index contributed by atoms with van der Waals surface area (Å²) in [6.07, 6.45) is 6.19. The topological polar surface area (TPSA) is 31.4 Å². The molecule has 4 heteroatoms. The smallest absolute Gasteiger partial charge is 0.128 e. The Morgan fingerprint density at radius 3 is 2.67 bits per heavy atom. The summed E-state index contributed by atoms with van der Waals surface area (Å²) < 4.78 is 0.